The number of aliphatic imine (C=N–C) groups is 1. The summed E-state index contributed by atoms with van der Waals surface area (Å²) in [5, 5.41) is 11.2. The van der Waals surface area contributed by atoms with Gasteiger partial charge in [-0.2, -0.15) is 0 Å². The molecule has 148 valence electrons. The van der Waals surface area contributed by atoms with Gasteiger partial charge in [0.25, 0.3) is 0 Å². The molecule has 2 N–H and O–H groups in total. The summed E-state index contributed by atoms with van der Waals surface area (Å²) in [5.74, 6) is 1.83. The summed E-state index contributed by atoms with van der Waals surface area (Å²) in [6.07, 6.45) is 8.25. The molecule has 0 bridgehead atoms. The summed E-state index contributed by atoms with van der Waals surface area (Å²) >= 11 is 0. The highest BCUT2D eigenvalue weighted by Crippen LogP contribution is 2.17. The lowest BCUT2D eigenvalue weighted by Gasteiger charge is -2.36. The molecule has 0 amide bonds. The van der Waals surface area contributed by atoms with Crippen LogP contribution in [0.15, 0.2) is 9.52 Å². The second kappa shape index (κ2) is 11.2. The number of guanidine groups is 1. The number of hydrogen-bond acceptors (Lipinski definition) is 4. The first-order valence-corrected chi connectivity index (χ1v) is 10.4. The highest BCUT2D eigenvalue weighted by Gasteiger charge is 2.22. The summed E-state index contributed by atoms with van der Waals surface area (Å²) in [4.78, 5) is 7.05. The number of rotatable bonds is 9. The van der Waals surface area contributed by atoms with Gasteiger partial charge in [-0.15, -0.1) is 0 Å². The number of aryl methyl sites for hydroxylation is 2. The summed E-state index contributed by atoms with van der Waals surface area (Å²) < 4.78 is 5.45. The molecule has 2 rings (SSSR count). The van der Waals surface area contributed by atoms with Crippen LogP contribution < -0.4 is 10.6 Å². The van der Waals surface area contributed by atoms with E-state index >= 15 is 0 Å². The first kappa shape index (κ1) is 20.7. The standard InChI is InChI=1S/C20H37N5O/c1-5-8-12-25-13-10-9-11-16(25)14-22-20(21-4)23-15-17-18(6-2)24-26-19(17)7-3/h16H,5-15H2,1-4H3,(H2,21,22,23). The van der Waals surface area contributed by atoms with Gasteiger partial charge >= 0.3 is 0 Å². The van der Waals surface area contributed by atoms with Gasteiger partial charge in [0.05, 0.1) is 5.69 Å². The number of aromatic nitrogens is 1. The molecule has 0 radical (unpaired) electrons. The van der Waals surface area contributed by atoms with E-state index in [0.717, 1.165) is 36.8 Å². The van der Waals surface area contributed by atoms with Crippen LogP contribution >= 0.6 is 0 Å². The van der Waals surface area contributed by atoms with Crippen molar-refractivity contribution in [2.75, 3.05) is 26.7 Å². The van der Waals surface area contributed by atoms with E-state index in [4.69, 9.17) is 4.52 Å². The minimum absolute atomic E-state index is 0.613. The quantitative estimate of drug-likeness (QED) is 0.521. The van der Waals surface area contributed by atoms with Crippen molar-refractivity contribution in [2.24, 2.45) is 4.99 Å². The number of unbranched alkanes of at least 4 members (excludes halogenated alkanes) is 1. The Morgan fingerprint density at radius 3 is 2.77 bits per heavy atom. The van der Waals surface area contributed by atoms with Crippen molar-refractivity contribution in [2.45, 2.75) is 78.3 Å². The second-order valence-corrected chi connectivity index (χ2v) is 7.08. The van der Waals surface area contributed by atoms with Gasteiger partial charge in [0.1, 0.15) is 5.76 Å². The lowest BCUT2D eigenvalue weighted by molar-refractivity contribution is 0.147. The minimum Gasteiger partial charge on any atom is -0.361 e. The van der Waals surface area contributed by atoms with Crippen LogP contribution in [0.25, 0.3) is 0 Å². The molecule has 0 aliphatic carbocycles. The Balaban J connectivity index is 1.86. The Morgan fingerprint density at radius 2 is 2.08 bits per heavy atom. The Morgan fingerprint density at radius 1 is 1.23 bits per heavy atom. The maximum atomic E-state index is 5.45. The third kappa shape index (κ3) is 5.73. The van der Waals surface area contributed by atoms with Crippen LogP contribution in [-0.4, -0.2) is 48.7 Å². The van der Waals surface area contributed by atoms with Gasteiger partial charge in [-0.05, 0) is 38.8 Å². The number of likely N-dealkylation sites (tertiary alicyclic amines) is 1. The fraction of sp³-hybridized carbons (Fsp3) is 0.800. The summed E-state index contributed by atoms with van der Waals surface area (Å²) in [7, 11) is 1.83. The van der Waals surface area contributed by atoms with Crippen molar-refractivity contribution in [1.29, 1.82) is 0 Å². The van der Waals surface area contributed by atoms with Crippen molar-refractivity contribution in [3.8, 4) is 0 Å². The van der Waals surface area contributed by atoms with Gasteiger partial charge in [0.15, 0.2) is 5.96 Å². The van der Waals surface area contributed by atoms with E-state index < -0.39 is 0 Å². The predicted octanol–water partition coefficient (Wildman–Crippen LogP) is 3.12. The number of nitrogens with zero attached hydrogens (tertiary/aromatic N) is 3. The molecule has 1 aliphatic rings. The molecular weight excluding hydrogens is 326 g/mol. The zero-order chi connectivity index (χ0) is 18.8. The molecule has 1 atom stereocenters. The zero-order valence-corrected chi connectivity index (χ0v) is 17.1. The molecule has 2 heterocycles. The van der Waals surface area contributed by atoms with Crippen molar-refractivity contribution >= 4 is 5.96 Å². The number of piperidine rings is 1. The van der Waals surface area contributed by atoms with Gasteiger partial charge in [-0.25, -0.2) is 0 Å². The molecule has 26 heavy (non-hydrogen) atoms. The van der Waals surface area contributed by atoms with E-state index in [1.54, 1.807) is 0 Å². The molecule has 1 unspecified atom stereocenters. The van der Waals surface area contributed by atoms with E-state index in [1.165, 1.54) is 50.8 Å². The van der Waals surface area contributed by atoms with Crippen LogP contribution in [0.5, 0.6) is 0 Å². The number of nitrogens with one attached hydrogen (secondary N) is 2. The summed E-state index contributed by atoms with van der Waals surface area (Å²) in [5.41, 5.74) is 2.23. The van der Waals surface area contributed by atoms with Crippen LogP contribution in [0.3, 0.4) is 0 Å². The van der Waals surface area contributed by atoms with Gasteiger partial charge in [0.2, 0.25) is 0 Å². The average Bonchev–Trinajstić information content (AvgIpc) is 3.09. The van der Waals surface area contributed by atoms with Crippen molar-refractivity contribution < 1.29 is 4.52 Å². The fourth-order valence-electron chi connectivity index (χ4n) is 3.69. The lowest BCUT2D eigenvalue weighted by Crippen LogP contribution is -2.49. The van der Waals surface area contributed by atoms with Crippen LogP contribution in [0.1, 0.15) is 69.9 Å². The SMILES string of the molecule is CCCCN1CCCCC1CNC(=NC)NCc1c(CC)noc1CC. The normalized spacial score (nSPS) is 18.9. The first-order chi connectivity index (χ1) is 12.7. The predicted molar refractivity (Wildman–Crippen MR) is 108 cm³/mol. The molecular formula is C20H37N5O. The number of hydrogen-bond donors (Lipinski definition) is 2. The Hall–Kier alpha value is -1.56. The van der Waals surface area contributed by atoms with Gasteiger partial charge < -0.3 is 15.2 Å². The van der Waals surface area contributed by atoms with E-state index in [0.29, 0.717) is 12.6 Å². The molecule has 6 nitrogen and oxygen atoms in total. The molecule has 0 aromatic carbocycles. The topological polar surface area (TPSA) is 65.7 Å². The molecule has 1 aromatic rings. The third-order valence-corrected chi connectivity index (χ3v) is 5.32. The maximum absolute atomic E-state index is 5.45. The van der Waals surface area contributed by atoms with E-state index in [1.807, 2.05) is 7.05 Å². The van der Waals surface area contributed by atoms with Crippen LogP contribution in [0.2, 0.25) is 0 Å². The molecule has 1 aromatic heterocycles. The third-order valence-electron chi connectivity index (χ3n) is 5.32. The fourth-order valence-corrected chi connectivity index (χ4v) is 3.69. The largest absolute Gasteiger partial charge is 0.361 e. The maximum Gasteiger partial charge on any atom is 0.191 e. The first-order valence-electron chi connectivity index (χ1n) is 10.4. The monoisotopic (exact) mass is 363 g/mol. The van der Waals surface area contributed by atoms with Crippen molar-refractivity contribution in [3.63, 3.8) is 0 Å². The van der Waals surface area contributed by atoms with E-state index in [2.05, 4.69) is 46.5 Å². The molecule has 1 fully saturated rings. The molecule has 0 spiro atoms. The van der Waals surface area contributed by atoms with Crippen LogP contribution in [-0.2, 0) is 19.4 Å². The van der Waals surface area contributed by atoms with E-state index in [9.17, 15) is 0 Å². The Bertz CT molecular complexity index is 533. The lowest BCUT2D eigenvalue weighted by atomic mass is 10.0. The van der Waals surface area contributed by atoms with Crippen molar-refractivity contribution in [3.05, 3.63) is 17.0 Å². The highest BCUT2D eigenvalue weighted by atomic mass is 16.5. The molecule has 1 saturated heterocycles. The second-order valence-electron chi connectivity index (χ2n) is 7.08. The van der Waals surface area contributed by atoms with Crippen molar-refractivity contribution in [1.82, 2.24) is 20.7 Å². The highest BCUT2D eigenvalue weighted by molar-refractivity contribution is 5.79. The molecule has 0 saturated carbocycles. The Kier molecular flexibility index (Phi) is 8.95. The summed E-state index contributed by atoms with van der Waals surface area (Å²) in [6, 6.07) is 0.613. The summed E-state index contributed by atoms with van der Waals surface area (Å²) in [6.45, 7) is 10.6. The Labute approximate surface area is 158 Å². The van der Waals surface area contributed by atoms with Gasteiger partial charge in [0, 0.05) is 38.2 Å². The zero-order valence-electron chi connectivity index (χ0n) is 17.1. The molecule has 1 aliphatic heterocycles. The molecule has 6 heteroatoms. The van der Waals surface area contributed by atoms with Gasteiger partial charge in [-0.1, -0.05) is 38.8 Å². The van der Waals surface area contributed by atoms with Crippen LogP contribution in [0, 0.1) is 0 Å². The van der Waals surface area contributed by atoms with E-state index in [-0.39, 0.29) is 0 Å². The van der Waals surface area contributed by atoms with Gasteiger partial charge in [-0.3, -0.25) is 9.89 Å². The smallest absolute Gasteiger partial charge is 0.191 e. The van der Waals surface area contributed by atoms with Crippen LogP contribution in [0.4, 0.5) is 0 Å². The minimum atomic E-state index is 0.613. The average molecular weight is 364 g/mol.